The van der Waals surface area contributed by atoms with Crippen LogP contribution in [0.15, 0.2) is 30.3 Å². The molecule has 156 valence electrons. The topological polar surface area (TPSA) is 53.4 Å². The fraction of sp³-hybridized carbons (Fsp3) is 0.455. The molecular weight excluding hydrogens is 386 g/mol. The molecule has 1 N–H and O–H groups in total. The molecule has 0 aliphatic carbocycles. The number of hydrogen-bond donors (Lipinski definition) is 1. The third-order valence-electron chi connectivity index (χ3n) is 5.24. The Balaban J connectivity index is 1.70. The summed E-state index contributed by atoms with van der Waals surface area (Å²) in [4.78, 5) is 17.2. The maximum atomic E-state index is 12.6. The highest BCUT2D eigenvalue weighted by atomic mass is 35.5. The number of rotatable bonds is 7. The van der Waals surface area contributed by atoms with Crippen LogP contribution >= 0.6 is 11.6 Å². The van der Waals surface area contributed by atoms with Crippen LogP contribution in [0.2, 0.25) is 5.15 Å². The minimum absolute atomic E-state index is 0.177. The number of unbranched alkanes of at least 4 members (excludes halogenated alkanes) is 1. The van der Waals surface area contributed by atoms with Crippen molar-refractivity contribution < 1.29 is 4.79 Å². The Labute approximate surface area is 178 Å². The van der Waals surface area contributed by atoms with Crippen LogP contribution < -0.4 is 10.2 Å². The Bertz CT molecular complexity index is 868. The molecule has 0 saturated carbocycles. The average Bonchev–Trinajstić information content (AvgIpc) is 2.99. The summed E-state index contributed by atoms with van der Waals surface area (Å²) in [7, 11) is 2.13. The lowest BCUT2D eigenvalue weighted by Gasteiger charge is -2.35. The molecule has 1 fully saturated rings. The van der Waals surface area contributed by atoms with Gasteiger partial charge in [-0.05, 0) is 38.6 Å². The summed E-state index contributed by atoms with van der Waals surface area (Å²) < 4.78 is 1.81. The smallest absolute Gasteiger partial charge is 0.248 e. The Kier molecular flexibility index (Phi) is 7.34. The molecule has 29 heavy (non-hydrogen) atoms. The van der Waals surface area contributed by atoms with Crippen molar-refractivity contribution in [3.63, 3.8) is 0 Å². The van der Waals surface area contributed by atoms with Crippen molar-refractivity contribution in [2.45, 2.75) is 33.2 Å². The third-order valence-corrected chi connectivity index (χ3v) is 5.64. The highest BCUT2D eigenvalue weighted by Gasteiger charge is 2.17. The molecular formula is C22H30ClN5O. The highest BCUT2D eigenvalue weighted by molar-refractivity contribution is 6.31. The lowest BCUT2D eigenvalue weighted by Crippen LogP contribution is -2.44. The fourth-order valence-corrected chi connectivity index (χ4v) is 3.77. The van der Waals surface area contributed by atoms with E-state index >= 15 is 0 Å². The summed E-state index contributed by atoms with van der Waals surface area (Å²) in [6.07, 6.45) is 5.38. The number of para-hydroxylation sites is 2. The first-order valence-corrected chi connectivity index (χ1v) is 10.6. The van der Waals surface area contributed by atoms with E-state index in [1.807, 2.05) is 25.1 Å². The van der Waals surface area contributed by atoms with E-state index in [-0.39, 0.29) is 5.91 Å². The number of aryl methyl sites for hydroxylation is 2. The minimum atomic E-state index is -0.177. The van der Waals surface area contributed by atoms with E-state index in [0.29, 0.717) is 5.15 Å². The van der Waals surface area contributed by atoms with Crippen LogP contribution in [0, 0.1) is 6.92 Å². The number of benzene rings is 1. The van der Waals surface area contributed by atoms with Crippen molar-refractivity contribution >= 4 is 35.0 Å². The number of aromatic nitrogens is 2. The first kappa shape index (κ1) is 21.4. The monoisotopic (exact) mass is 415 g/mol. The number of nitrogens with zero attached hydrogens (tertiary/aromatic N) is 4. The van der Waals surface area contributed by atoms with Gasteiger partial charge in [-0.1, -0.05) is 37.1 Å². The summed E-state index contributed by atoms with van der Waals surface area (Å²) >= 11 is 6.45. The Morgan fingerprint density at radius 3 is 2.69 bits per heavy atom. The number of likely N-dealkylation sites (N-methyl/N-ethyl adjacent to an activating group) is 1. The Hall–Kier alpha value is -2.31. The van der Waals surface area contributed by atoms with Gasteiger partial charge in [-0.3, -0.25) is 9.48 Å². The van der Waals surface area contributed by atoms with Crippen molar-refractivity contribution in [2.75, 3.05) is 43.4 Å². The third kappa shape index (κ3) is 5.40. The molecule has 2 heterocycles. The molecule has 1 amide bonds. The number of carbonyl (C=O) groups excluding carboxylic acids is 1. The average molecular weight is 416 g/mol. The second-order valence-corrected chi connectivity index (χ2v) is 7.85. The molecule has 0 atom stereocenters. The maximum Gasteiger partial charge on any atom is 0.248 e. The van der Waals surface area contributed by atoms with Gasteiger partial charge in [0.15, 0.2) is 0 Å². The fourth-order valence-electron chi connectivity index (χ4n) is 3.45. The summed E-state index contributed by atoms with van der Waals surface area (Å²) in [5.41, 5.74) is 3.51. The van der Waals surface area contributed by atoms with Gasteiger partial charge in [0.25, 0.3) is 0 Å². The summed E-state index contributed by atoms with van der Waals surface area (Å²) in [6.45, 7) is 8.76. The van der Waals surface area contributed by atoms with Gasteiger partial charge in [0.05, 0.1) is 17.1 Å². The molecule has 1 aromatic heterocycles. The van der Waals surface area contributed by atoms with Crippen molar-refractivity contribution in [3.8, 4) is 0 Å². The maximum absolute atomic E-state index is 12.6. The first-order chi connectivity index (χ1) is 14.0. The predicted octanol–water partition coefficient (Wildman–Crippen LogP) is 4.05. The number of piperazine rings is 1. The second kappa shape index (κ2) is 9.94. The largest absolute Gasteiger partial charge is 0.367 e. The highest BCUT2D eigenvalue weighted by Crippen LogP contribution is 2.27. The van der Waals surface area contributed by atoms with Crippen LogP contribution in [0.5, 0.6) is 0 Å². The van der Waals surface area contributed by atoms with Crippen LogP contribution in [-0.2, 0) is 11.3 Å². The van der Waals surface area contributed by atoms with Gasteiger partial charge in [0.2, 0.25) is 5.91 Å². The van der Waals surface area contributed by atoms with E-state index in [0.717, 1.165) is 68.2 Å². The number of hydrogen-bond acceptors (Lipinski definition) is 4. The van der Waals surface area contributed by atoms with E-state index in [1.54, 1.807) is 10.8 Å². The van der Waals surface area contributed by atoms with Crippen molar-refractivity contribution in [2.24, 2.45) is 0 Å². The van der Waals surface area contributed by atoms with Gasteiger partial charge >= 0.3 is 0 Å². The number of halogens is 1. The summed E-state index contributed by atoms with van der Waals surface area (Å²) in [5.74, 6) is -0.177. The van der Waals surface area contributed by atoms with Gasteiger partial charge < -0.3 is 15.1 Å². The molecule has 6 nitrogen and oxygen atoms in total. The minimum Gasteiger partial charge on any atom is -0.367 e. The van der Waals surface area contributed by atoms with E-state index in [2.05, 4.69) is 40.3 Å². The van der Waals surface area contributed by atoms with Crippen molar-refractivity contribution in [1.29, 1.82) is 0 Å². The molecule has 7 heteroatoms. The van der Waals surface area contributed by atoms with Gasteiger partial charge in [-0.2, -0.15) is 5.10 Å². The van der Waals surface area contributed by atoms with Crippen molar-refractivity contribution in [1.82, 2.24) is 14.7 Å². The molecule has 3 rings (SSSR count). The molecule has 1 aromatic carbocycles. The lowest BCUT2D eigenvalue weighted by atomic mass is 10.2. The van der Waals surface area contributed by atoms with E-state index < -0.39 is 0 Å². The zero-order valence-electron chi connectivity index (χ0n) is 17.5. The van der Waals surface area contributed by atoms with Crippen LogP contribution in [0.25, 0.3) is 6.08 Å². The predicted molar refractivity (Wildman–Crippen MR) is 121 cm³/mol. The number of amides is 1. The molecule has 0 bridgehead atoms. The van der Waals surface area contributed by atoms with Crippen LogP contribution in [0.1, 0.15) is 31.0 Å². The Morgan fingerprint density at radius 2 is 1.97 bits per heavy atom. The quantitative estimate of drug-likeness (QED) is 0.693. The molecule has 0 unspecified atom stereocenters. The zero-order valence-corrected chi connectivity index (χ0v) is 18.2. The SMILES string of the molecule is CCCCn1nc(C)c(/C=C/C(=O)Nc2ccccc2N2CCN(C)CC2)c1Cl. The van der Waals surface area contributed by atoms with E-state index in [9.17, 15) is 4.79 Å². The number of anilines is 2. The van der Waals surface area contributed by atoms with Crippen LogP contribution in [0.4, 0.5) is 11.4 Å². The van der Waals surface area contributed by atoms with E-state index in [4.69, 9.17) is 11.6 Å². The van der Waals surface area contributed by atoms with Gasteiger partial charge in [0.1, 0.15) is 5.15 Å². The standard InChI is InChI=1S/C22H30ClN5O/c1-4-5-12-28-22(23)18(17(2)25-28)10-11-21(29)24-19-8-6-7-9-20(19)27-15-13-26(3)14-16-27/h6-11H,4-5,12-16H2,1-3H3,(H,24,29)/b11-10+. The molecule has 1 aliphatic heterocycles. The summed E-state index contributed by atoms with van der Waals surface area (Å²) in [6, 6.07) is 7.95. The first-order valence-electron chi connectivity index (χ1n) is 10.2. The number of nitrogens with one attached hydrogen (secondary N) is 1. The normalized spacial score (nSPS) is 15.2. The Morgan fingerprint density at radius 1 is 1.24 bits per heavy atom. The van der Waals surface area contributed by atoms with Gasteiger partial charge in [0, 0.05) is 44.4 Å². The molecule has 2 aromatic rings. The van der Waals surface area contributed by atoms with Crippen molar-refractivity contribution in [3.05, 3.63) is 46.8 Å². The van der Waals surface area contributed by atoms with Gasteiger partial charge in [-0.15, -0.1) is 0 Å². The number of carbonyl (C=O) groups is 1. The molecule has 0 radical (unpaired) electrons. The zero-order chi connectivity index (χ0) is 20.8. The molecule has 0 spiro atoms. The van der Waals surface area contributed by atoms with Crippen LogP contribution in [0.3, 0.4) is 0 Å². The molecule has 1 saturated heterocycles. The summed E-state index contributed by atoms with van der Waals surface area (Å²) in [5, 5.41) is 8.08. The molecule has 1 aliphatic rings. The second-order valence-electron chi connectivity index (χ2n) is 7.50. The van der Waals surface area contributed by atoms with Crippen LogP contribution in [-0.4, -0.2) is 53.8 Å². The van der Waals surface area contributed by atoms with Gasteiger partial charge in [-0.25, -0.2) is 0 Å². The van der Waals surface area contributed by atoms with E-state index in [1.165, 1.54) is 6.08 Å². The lowest BCUT2D eigenvalue weighted by molar-refractivity contribution is -0.111.